The molecule has 0 aliphatic rings. The fourth-order valence-corrected chi connectivity index (χ4v) is 1.92. The summed E-state index contributed by atoms with van der Waals surface area (Å²) in [6, 6.07) is 4.14. The van der Waals surface area contributed by atoms with Gasteiger partial charge in [0.2, 0.25) is 0 Å². The summed E-state index contributed by atoms with van der Waals surface area (Å²) in [6.07, 6.45) is -0.476. The van der Waals surface area contributed by atoms with Gasteiger partial charge in [0.1, 0.15) is 11.6 Å². The number of amides is 1. The maximum absolute atomic E-state index is 11.8. The molecule has 1 amide bonds. The van der Waals surface area contributed by atoms with Gasteiger partial charge in [0.05, 0.1) is 17.8 Å². The number of nitrogens with two attached hydrogens (primary N) is 1. The summed E-state index contributed by atoms with van der Waals surface area (Å²) in [7, 11) is 1.25. The molecule has 0 radical (unpaired) electrons. The Morgan fingerprint density at radius 3 is 2.50 bits per heavy atom. The van der Waals surface area contributed by atoms with Crippen LogP contribution in [0.5, 0.6) is 0 Å². The third-order valence-corrected chi connectivity index (χ3v) is 3.01. The molecule has 0 bridgehead atoms. The van der Waals surface area contributed by atoms with E-state index in [0.29, 0.717) is 10.7 Å². The molecule has 7 heteroatoms. The second-order valence-electron chi connectivity index (χ2n) is 5.78. The molecule has 1 atom stereocenters. The predicted molar refractivity (Wildman–Crippen MR) is 84.7 cm³/mol. The molecule has 1 rings (SSSR count). The normalized spacial score (nSPS) is 12.4. The maximum Gasteiger partial charge on any atom is 0.408 e. The van der Waals surface area contributed by atoms with Crippen molar-refractivity contribution in [2.75, 3.05) is 12.8 Å². The van der Waals surface area contributed by atoms with E-state index in [2.05, 4.69) is 5.32 Å². The van der Waals surface area contributed by atoms with Crippen LogP contribution in [0.15, 0.2) is 18.2 Å². The zero-order chi connectivity index (χ0) is 16.9. The molecule has 0 saturated heterocycles. The predicted octanol–water partition coefficient (Wildman–Crippen LogP) is 2.53. The average Bonchev–Trinajstić information content (AvgIpc) is 2.39. The van der Waals surface area contributed by atoms with Crippen LogP contribution in [-0.2, 0) is 20.7 Å². The number of methoxy groups -OCH3 is 1. The molecular weight excluding hydrogens is 308 g/mol. The Kier molecular flexibility index (Phi) is 6.05. The first-order valence-electron chi connectivity index (χ1n) is 6.73. The molecule has 0 aliphatic carbocycles. The number of esters is 1. The molecule has 0 spiro atoms. The minimum atomic E-state index is -0.875. The summed E-state index contributed by atoms with van der Waals surface area (Å²) in [6.45, 7) is 5.21. The van der Waals surface area contributed by atoms with E-state index in [-0.39, 0.29) is 6.42 Å². The van der Waals surface area contributed by atoms with Gasteiger partial charge in [-0.2, -0.15) is 0 Å². The Balaban J connectivity index is 2.82. The highest BCUT2D eigenvalue weighted by molar-refractivity contribution is 6.33. The van der Waals surface area contributed by atoms with Gasteiger partial charge in [0.25, 0.3) is 0 Å². The van der Waals surface area contributed by atoms with E-state index in [1.807, 2.05) is 0 Å². The van der Waals surface area contributed by atoms with Crippen molar-refractivity contribution in [1.82, 2.24) is 5.32 Å². The van der Waals surface area contributed by atoms with Crippen molar-refractivity contribution in [3.05, 3.63) is 28.8 Å². The number of nitrogen functional groups attached to an aromatic ring is 1. The van der Waals surface area contributed by atoms with Crippen molar-refractivity contribution < 1.29 is 19.1 Å². The summed E-state index contributed by atoms with van der Waals surface area (Å²) in [5.41, 5.74) is 6.17. The van der Waals surface area contributed by atoms with Crippen molar-refractivity contribution in [2.45, 2.75) is 38.8 Å². The van der Waals surface area contributed by atoms with Crippen LogP contribution in [-0.4, -0.2) is 30.8 Å². The molecule has 22 heavy (non-hydrogen) atoms. The molecule has 0 aliphatic heterocycles. The summed E-state index contributed by atoms with van der Waals surface area (Å²) in [5.74, 6) is -0.571. The van der Waals surface area contributed by atoms with Crippen LogP contribution in [0.2, 0.25) is 5.02 Å². The van der Waals surface area contributed by atoms with Gasteiger partial charge in [-0.3, -0.25) is 0 Å². The molecule has 1 unspecified atom stereocenters. The molecule has 0 fully saturated rings. The number of benzene rings is 1. The Morgan fingerprint density at radius 2 is 2.00 bits per heavy atom. The highest BCUT2D eigenvalue weighted by Gasteiger charge is 2.25. The van der Waals surface area contributed by atoms with Gasteiger partial charge < -0.3 is 20.5 Å². The van der Waals surface area contributed by atoms with E-state index >= 15 is 0 Å². The Hall–Kier alpha value is -1.95. The molecule has 122 valence electrons. The number of hydrogen-bond donors (Lipinski definition) is 2. The van der Waals surface area contributed by atoms with Crippen molar-refractivity contribution in [3.8, 4) is 0 Å². The van der Waals surface area contributed by atoms with Gasteiger partial charge in [-0.05, 0) is 38.5 Å². The number of ether oxygens (including phenoxy) is 2. The number of hydrogen-bond acceptors (Lipinski definition) is 5. The maximum atomic E-state index is 11.8. The summed E-state index contributed by atoms with van der Waals surface area (Å²) < 4.78 is 9.84. The fraction of sp³-hybridized carbons (Fsp3) is 0.467. The van der Waals surface area contributed by atoms with E-state index in [1.54, 1.807) is 39.0 Å². The number of anilines is 1. The van der Waals surface area contributed by atoms with Crippen molar-refractivity contribution >= 4 is 29.4 Å². The van der Waals surface area contributed by atoms with Gasteiger partial charge in [-0.15, -0.1) is 0 Å². The second-order valence-corrected chi connectivity index (χ2v) is 6.19. The second kappa shape index (κ2) is 7.35. The number of rotatable bonds is 4. The van der Waals surface area contributed by atoms with Crippen molar-refractivity contribution in [3.63, 3.8) is 0 Å². The Morgan fingerprint density at radius 1 is 1.36 bits per heavy atom. The molecule has 0 saturated carbocycles. The average molecular weight is 329 g/mol. The first-order valence-corrected chi connectivity index (χ1v) is 7.11. The molecule has 3 N–H and O–H groups in total. The highest BCUT2D eigenvalue weighted by Crippen LogP contribution is 2.20. The standard InChI is InChI=1S/C15H21ClN2O4/c1-15(2,3)22-14(20)18-12(13(19)21-4)8-9-5-6-11(17)10(16)7-9/h5-7,12H,8,17H2,1-4H3,(H,18,20). The Bertz CT molecular complexity index is 555. The lowest BCUT2D eigenvalue weighted by atomic mass is 10.1. The van der Waals surface area contributed by atoms with E-state index in [4.69, 9.17) is 26.8 Å². The van der Waals surface area contributed by atoms with Crippen LogP contribution in [0.3, 0.4) is 0 Å². The minimum absolute atomic E-state index is 0.214. The quantitative estimate of drug-likeness (QED) is 0.654. The van der Waals surface area contributed by atoms with E-state index in [0.717, 1.165) is 5.56 Å². The van der Waals surface area contributed by atoms with Crippen LogP contribution in [0, 0.1) is 0 Å². The van der Waals surface area contributed by atoms with Gasteiger partial charge in [0, 0.05) is 6.42 Å². The van der Waals surface area contributed by atoms with E-state index < -0.39 is 23.7 Å². The smallest absolute Gasteiger partial charge is 0.408 e. The van der Waals surface area contributed by atoms with Crippen molar-refractivity contribution in [2.24, 2.45) is 0 Å². The number of alkyl carbamates (subject to hydrolysis) is 1. The van der Waals surface area contributed by atoms with Gasteiger partial charge in [-0.25, -0.2) is 9.59 Å². The van der Waals surface area contributed by atoms with Crippen LogP contribution >= 0.6 is 11.6 Å². The van der Waals surface area contributed by atoms with Crippen LogP contribution in [0.4, 0.5) is 10.5 Å². The number of carbonyl (C=O) groups is 2. The van der Waals surface area contributed by atoms with Crippen molar-refractivity contribution in [1.29, 1.82) is 0 Å². The van der Waals surface area contributed by atoms with Crippen LogP contribution in [0.25, 0.3) is 0 Å². The highest BCUT2D eigenvalue weighted by atomic mass is 35.5. The van der Waals surface area contributed by atoms with E-state index in [1.165, 1.54) is 7.11 Å². The fourth-order valence-electron chi connectivity index (χ4n) is 1.72. The lowest BCUT2D eigenvalue weighted by Crippen LogP contribution is -2.45. The van der Waals surface area contributed by atoms with Crippen LogP contribution < -0.4 is 11.1 Å². The van der Waals surface area contributed by atoms with Gasteiger partial charge in [-0.1, -0.05) is 17.7 Å². The summed E-state index contributed by atoms with van der Waals surface area (Å²) in [4.78, 5) is 23.6. The number of halogens is 1. The molecule has 0 heterocycles. The molecule has 1 aromatic carbocycles. The van der Waals surface area contributed by atoms with Crippen LogP contribution in [0.1, 0.15) is 26.3 Å². The SMILES string of the molecule is COC(=O)C(Cc1ccc(N)c(Cl)c1)NC(=O)OC(C)(C)C. The molecule has 1 aromatic rings. The van der Waals surface area contributed by atoms with Gasteiger partial charge in [0.15, 0.2) is 0 Å². The zero-order valence-electron chi connectivity index (χ0n) is 13.1. The van der Waals surface area contributed by atoms with Gasteiger partial charge >= 0.3 is 12.1 Å². The Labute approximate surface area is 134 Å². The zero-order valence-corrected chi connectivity index (χ0v) is 13.9. The topological polar surface area (TPSA) is 90.6 Å². The number of carbonyl (C=O) groups excluding carboxylic acids is 2. The lowest BCUT2D eigenvalue weighted by Gasteiger charge is -2.22. The first-order chi connectivity index (χ1) is 10.1. The third-order valence-electron chi connectivity index (χ3n) is 2.68. The van der Waals surface area contributed by atoms with E-state index in [9.17, 15) is 9.59 Å². The number of nitrogens with one attached hydrogen (secondary N) is 1. The summed E-state index contributed by atoms with van der Waals surface area (Å²) in [5, 5.41) is 2.88. The molecular formula is C15H21ClN2O4. The summed E-state index contributed by atoms with van der Waals surface area (Å²) >= 11 is 5.95. The monoisotopic (exact) mass is 328 g/mol. The largest absolute Gasteiger partial charge is 0.467 e. The molecule has 0 aromatic heterocycles. The lowest BCUT2D eigenvalue weighted by molar-refractivity contribution is -0.143. The first kappa shape index (κ1) is 18.1. The third kappa shape index (κ3) is 5.81. The molecule has 6 nitrogen and oxygen atoms in total. The minimum Gasteiger partial charge on any atom is -0.467 e.